The molecule has 0 N–H and O–H groups in total. The zero-order valence-electron chi connectivity index (χ0n) is 16.8. The van der Waals surface area contributed by atoms with Gasteiger partial charge in [0, 0.05) is 5.56 Å². The third-order valence-electron chi connectivity index (χ3n) is 5.99. The summed E-state index contributed by atoms with van der Waals surface area (Å²) in [5.41, 5.74) is -0.0955. The van der Waals surface area contributed by atoms with Crippen molar-refractivity contribution in [3.63, 3.8) is 0 Å². The van der Waals surface area contributed by atoms with Gasteiger partial charge in [0.2, 0.25) is 0 Å². The highest BCUT2D eigenvalue weighted by Gasteiger charge is 2.30. The molecule has 3 aromatic carbocycles. The second-order valence-corrected chi connectivity index (χ2v) is 7.92. The molecule has 4 rings (SSSR count). The molecule has 0 bridgehead atoms. The van der Waals surface area contributed by atoms with Gasteiger partial charge in [-0.15, -0.1) is 0 Å². The zero-order valence-corrected chi connectivity index (χ0v) is 16.8. The lowest BCUT2D eigenvalue weighted by molar-refractivity contribution is 0.462. The first-order valence-electron chi connectivity index (χ1n) is 10.2. The molecule has 0 spiro atoms. The van der Waals surface area contributed by atoms with Crippen LogP contribution >= 0.6 is 0 Å². The summed E-state index contributed by atoms with van der Waals surface area (Å²) in [6, 6.07) is 7.36. The van der Waals surface area contributed by atoms with Gasteiger partial charge in [0.1, 0.15) is 11.6 Å². The molecule has 1 aliphatic carbocycles. The maximum absolute atomic E-state index is 15.2. The maximum atomic E-state index is 15.2. The van der Waals surface area contributed by atoms with Crippen LogP contribution in [0, 0.1) is 34.9 Å². The summed E-state index contributed by atoms with van der Waals surface area (Å²) in [6.07, 6.45) is 1.70. The van der Waals surface area contributed by atoms with Crippen molar-refractivity contribution in [2.75, 3.05) is 0 Å². The predicted octanol–water partition coefficient (Wildman–Crippen LogP) is 7.41. The fourth-order valence-corrected chi connectivity index (χ4v) is 4.44. The van der Waals surface area contributed by atoms with Crippen molar-refractivity contribution in [1.29, 1.82) is 0 Å². The molecule has 0 heterocycles. The van der Waals surface area contributed by atoms with E-state index in [0.29, 0.717) is 30.4 Å². The number of rotatable bonds is 4. The summed E-state index contributed by atoms with van der Waals surface area (Å²) in [5, 5.41) is 0. The van der Waals surface area contributed by atoms with Crippen LogP contribution in [0.25, 0.3) is 11.1 Å². The first-order valence-corrected chi connectivity index (χ1v) is 10.2. The fourth-order valence-electron chi connectivity index (χ4n) is 4.44. The van der Waals surface area contributed by atoms with Gasteiger partial charge < -0.3 is 0 Å². The van der Waals surface area contributed by atoms with E-state index in [1.54, 1.807) is 12.1 Å². The lowest BCUT2D eigenvalue weighted by Crippen LogP contribution is -2.17. The summed E-state index contributed by atoms with van der Waals surface area (Å²) < 4.78 is 86.7. The normalized spacial score (nSPS) is 15.8. The third kappa shape index (κ3) is 3.73. The van der Waals surface area contributed by atoms with E-state index in [-0.39, 0.29) is 24.0 Å². The molecule has 0 fully saturated rings. The number of benzene rings is 3. The summed E-state index contributed by atoms with van der Waals surface area (Å²) >= 11 is 0. The van der Waals surface area contributed by atoms with Crippen LogP contribution < -0.4 is 0 Å². The summed E-state index contributed by atoms with van der Waals surface area (Å²) in [4.78, 5) is 0. The molecule has 1 atom stereocenters. The zero-order chi connectivity index (χ0) is 22.3. The molecule has 1 aliphatic rings. The molecular weight excluding hydrogens is 414 g/mol. The van der Waals surface area contributed by atoms with Gasteiger partial charge in [-0.2, -0.15) is 0 Å². The minimum Gasteiger partial charge on any atom is -0.206 e. The lowest BCUT2D eigenvalue weighted by atomic mass is 9.78. The van der Waals surface area contributed by atoms with E-state index in [1.807, 2.05) is 6.92 Å². The Morgan fingerprint density at radius 1 is 0.839 bits per heavy atom. The summed E-state index contributed by atoms with van der Waals surface area (Å²) in [6.45, 7) is 1.87. The highest BCUT2D eigenvalue weighted by Crippen LogP contribution is 2.40. The molecule has 162 valence electrons. The Morgan fingerprint density at radius 3 is 2.35 bits per heavy atom. The van der Waals surface area contributed by atoms with Crippen molar-refractivity contribution < 1.29 is 26.3 Å². The number of hydrogen-bond acceptors (Lipinski definition) is 0. The van der Waals surface area contributed by atoms with Crippen LogP contribution in [0.2, 0.25) is 0 Å². The molecule has 0 saturated heterocycles. The van der Waals surface area contributed by atoms with Crippen molar-refractivity contribution in [2.24, 2.45) is 0 Å². The molecule has 31 heavy (non-hydrogen) atoms. The van der Waals surface area contributed by atoms with Gasteiger partial charge in [0.05, 0.1) is 5.56 Å². The quantitative estimate of drug-likeness (QED) is 0.375. The van der Waals surface area contributed by atoms with E-state index >= 15 is 4.39 Å². The van der Waals surface area contributed by atoms with Gasteiger partial charge in [-0.3, -0.25) is 0 Å². The molecule has 0 amide bonds. The number of aryl methyl sites for hydroxylation is 1. The molecule has 0 aromatic heterocycles. The first kappa shape index (κ1) is 21.5. The Balaban J connectivity index is 1.72. The van der Waals surface area contributed by atoms with Crippen molar-refractivity contribution in [2.45, 2.75) is 44.9 Å². The van der Waals surface area contributed by atoms with Crippen LogP contribution in [0.5, 0.6) is 0 Å². The van der Waals surface area contributed by atoms with Gasteiger partial charge in [-0.05, 0) is 66.0 Å². The molecule has 6 heteroatoms. The van der Waals surface area contributed by atoms with Crippen LogP contribution in [0.4, 0.5) is 26.3 Å². The van der Waals surface area contributed by atoms with Crippen molar-refractivity contribution in [1.82, 2.24) is 0 Å². The average Bonchev–Trinajstić information content (AvgIpc) is 2.74. The SMILES string of the molecule is CCCc1ccc(C2CCc3c(cc(F)c(-c4cccc(F)c4F)c3F)C2)c(F)c1F. The Kier molecular flexibility index (Phi) is 5.82. The highest BCUT2D eigenvalue weighted by molar-refractivity contribution is 5.68. The molecule has 1 unspecified atom stereocenters. The fraction of sp³-hybridized carbons (Fsp3) is 0.280. The van der Waals surface area contributed by atoms with Crippen LogP contribution in [-0.2, 0) is 19.3 Å². The predicted molar refractivity (Wildman–Crippen MR) is 107 cm³/mol. The van der Waals surface area contributed by atoms with E-state index in [1.165, 1.54) is 6.07 Å². The average molecular weight is 434 g/mol. The minimum absolute atomic E-state index is 0.124. The van der Waals surface area contributed by atoms with Gasteiger partial charge in [0.25, 0.3) is 0 Å². The van der Waals surface area contributed by atoms with E-state index in [2.05, 4.69) is 0 Å². The third-order valence-corrected chi connectivity index (χ3v) is 5.99. The standard InChI is InChI=1S/C25H20F6/c1-2-4-13-7-9-16(25(31)22(13)28)14-8-10-17-15(11-14)12-20(27)21(24(17)30)18-5-3-6-19(26)23(18)29/h3,5-7,9,12,14H,2,4,8,10-11H2,1H3. The molecule has 0 nitrogen and oxygen atoms in total. The Hall–Kier alpha value is -2.76. The summed E-state index contributed by atoms with van der Waals surface area (Å²) in [5.74, 6) is -6.71. The Bertz CT molecular complexity index is 1150. The van der Waals surface area contributed by atoms with Gasteiger partial charge in [-0.25, -0.2) is 26.3 Å². The lowest BCUT2D eigenvalue weighted by Gasteiger charge is -2.27. The minimum atomic E-state index is -1.32. The van der Waals surface area contributed by atoms with E-state index in [9.17, 15) is 22.0 Å². The van der Waals surface area contributed by atoms with Gasteiger partial charge in [0.15, 0.2) is 23.3 Å². The van der Waals surface area contributed by atoms with Crippen molar-refractivity contribution in [3.8, 4) is 11.1 Å². The topological polar surface area (TPSA) is 0 Å². The largest absolute Gasteiger partial charge is 0.206 e. The number of halogens is 6. The smallest absolute Gasteiger partial charge is 0.166 e. The molecule has 3 aromatic rings. The van der Waals surface area contributed by atoms with E-state index in [4.69, 9.17) is 0 Å². The van der Waals surface area contributed by atoms with Crippen molar-refractivity contribution >= 4 is 0 Å². The number of hydrogen-bond donors (Lipinski definition) is 0. The molecule has 0 aliphatic heterocycles. The van der Waals surface area contributed by atoms with Crippen LogP contribution in [-0.4, -0.2) is 0 Å². The van der Waals surface area contributed by atoms with Gasteiger partial charge >= 0.3 is 0 Å². The van der Waals surface area contributed by atoms with E-state index in [0.717, 1.165) is 18.2 Å². The Labute approximate surface area is 176 Å². The molecule has 0 radical (unpaired) electrons. The van der Waals surface area contributed by atoms with Crippen LogP contribution in [0.15, 0.2) is 36.4 Å². The van der Waals surface area contributed by atoms with Crippen LogP contribution in [0.3, 0.4) is 0 Å². The van der Waals surface area contributed by atoms with E-state index < -0.39 is 51.9 Å². The Morgan fingerprint density at radius 2 is 1.61 bits per heavy atom. The molecule has 0 saturated carbocycles. The van der Waals surface area contributed by atoms with Gasteiger partial charge in [-0.1, -0.05) is 37.6 Å². The molecular formula is C25H20F6. The monoisotopic (exact) mass is 434 g/mol. The first-order chi connectivity index (χ1) is 14.8. The highest BCUT2D eigenvalue weighted by atomic mass is 19.2. The second kappa shape index (κ2) is 8.40. The second-order valence-electron chi connectivity index (χ2n) is 7.92. The van der Waals surface area contributed by atoms with Crippen molar-refractivity contribution in [3.05, 3.63) is 93.6 Å². The summed E-state index contributed by atoms with van der Waals surface area (Å²) in [7, 11) is 0. The number of fused-ring (bicyclic) bond motifs is 1. The van der Waals surface area contributed by atoms with Crippen LogP contribution in [0.1, 0.15) is 47.9 Å². The maximum Gasteiger partial charge on any atom is 0.166 e.